The van der Waals surface area contributed by atoms with E-state index in [9.17, 15) is 4.79 Å². The zero-order valence-electron chi connectivity index (χ0n) is 17.2. The Hall–Kier alpha value is -1.85. The van der Waals surface area contributed by atoms with Crippen molar-refractivity contribution >= 4 is 17.5 Å². The van der Waals surface area contributed by atoms with Crippen LogP contribution in [0.5, 0.6) is 0 Å². The molecular formula is C22H31ClN4O. The van der Waals surface area contributed by atoms with E-state index in [-0.39, 0.29) is 5.91 Å². The number of nitrogens with one attached hydrogen (secondary N) is 1. The first-order valence-corrected chi connectivity index (χ1v) is 10.7. The van der Waals surface area contributed by atoms with Crippen molar-refractivity contribution < 1.29 is 4.79 Å². The number of amides is 1. The summed E-state index contributed by atoms with van der Waals surface area (Å²) in [5, 5.41) is 8.16. The van der Waals surface area contributed by atoms with Crippen LogP contribution in [0.2, 0.25) is 5.02 Å². The molecule has 1 aromatic carbocycles. The second kappa shape index (κ2) is 9.57. The van der Waals surface area contributed by atoms with E-state index in [0.717, 1.165) is 48.9 Å². The molecule has 0 bridgehead atoms. The zero-order chi connectivity index (χ0) is 20.1. The lowest BCUT2D eigenvalue weighted by Crippen LogP contribution is -2.35. The van der Waals surface area contributed by atoms with E-state index in [1.165, 1.54) is 25.9 Å². The van der Waals surface area contributed by atoms with E-state index in [0.29, 0.717) is 10.6 Å². The maximum absolute atomic E-state index is 12.4. The van der Waals surface area contributed by atoms with Crippen molar-refractivity contribution in [3.63, 3.8) is 0 Å². The van der Waals surface area contributed by atoms with Gasteiger partial charge in [-0.1, -0.05) is 18.5 Å². The van der Waals surface area contributed by atoms with Crippen molar-refractivity contribution in [3.8, 4) is 5.69 Å². The minimum atomic E-state index is -0.0236. The van der Waals surface area contributed by atoms with Crippen molar-refractivity contribution in [2.75, 3.05) is 26.2 Å². The fraction of sp³-hybridized carbons (Fsp3) is 0.545. The molecule has 1 saturated heterocycles. The van der Waals surface area contributed by atoms with Gasteiger partial charge in [0, 0.05) is 18.7 Å². The highest BCUT2D eigenvalue weighted by molar-refractivity contribution is 6.31. The van der Waals surface area contributed by atoms with Crippen LogP contribution in [0, 0.1) is 19.8 Å². The minimum Gasteiger partial charge on any atom is -0.352 e. The summed E-state index contributed by atoms with van der Waals surface area (Å²) in [5.41, 5.74) is 3.28. The molecule has 6 heteroatoms. The lowest BCUT2D eigenvalue weighted by Gasteiger charge is -2.30. The van der Waals surface area contributed by atoms with Crippen LogP contribution in [-0.2, 0) is 0 Å². The largest absolute Gasteiger partial charge is 0.352 e. The van der Waals surface area contributed by atoms with Gasteiger partial charge in [0.1, 0.15) is 0 Å². The number of carbonyl (C=O) groups excluding carboxylic acids is 1. The Balaban J connectivity index is 1.44. The second-order valence-corrected chi connectivity index (χ2v) is 8.33. The Morgan fingerprint density at radius 1 is 1.25 bits per heavy atom. The highest BCUT2D eigenvalue weighted by Gasteiger charge is 2.15. The maximum atomic E-state index is 12.4. The van der Waals surface area contributed by atoms with E-state index in [2.05, 4.69) is 22.2 Å². The summed E-state index contributed by atoms with van der Waals surface area (Å²) in [7, 11) is 0. The first-order chi connectivity index (χ1) is 13.5. The number of aromatic nitrogens is 2. The van der Waals surface area contributed by atoms with Gasteiger partial charge in [-0.25, -0.2) is 4.68 Å². The van der Waals surface area contributed by atoms with Gasteiger partial charge in [-0.2, -0.15) is 5.10 Å². The third-order valence-electron chi connectivity index (χ3n) is 5.50. The Bertz CT molecular complexity index is 800. The Morgan fingerprint density at radius 2 is 2.00 bits per heavy atom. The second-order valence-electron chi connectivity index (χ2n) is 7.95. The normalized spacial score (nSPS) is 17.6. The fourth-order valence-corrected chi connectivity index (χ4v) is 4.00. The lowest BCUT2D eigenvalue weighted by molar-refractivity contribution is 0.0952. The molecule has 0 aliphatic carbocycles. The average Bonchev–Trinajstić information content (AvgIpc) is 2.95. The number of likely N-dealkylation sites (tertiary alicyclic amines) is 1. The standard InChI is InChI=1S/C22H31ClN4O/c1-16-7-6-14-26(15-16)13-5-4-12-24-22(28)19-8-10-20(11-9-19)27-18(3)21(23)17(2)25-27/h8-11,16H,4-7,12-15H2,1-3H3,(H,24,28). The Morgan fingerprint density at radius 3 is 2.64 bits per heavy atom. The van der Waals surface area contributed by atoms with Crippen LogP contribution >= 0.6 is 11.6 Å². The van der Waals surface area contributed by atoms with E-state index < -0.39 is 0 Å². The van der Waals surface area contributed by atoms with Crippen molar-refractivity contribution in [1.82, 2.24) is 20.0 Å². The summed E-state index contributed by atoms with van der Waals surface area (Å²) < 4.78 is 1.81. The van der Waals surface area contributed by atoms with Gasteiger partial charge in [0.05, 0.1) is 22.1 Å². The molecule has 2 aromatic rings. The first-order valence-electron chi connectivity index (χ1n) is 10.3. The number of benzene rings is 1. The molecule has 1 amide bonds. The van der Waals surface area contributed by atoms with Gasteiger partial charge in [-0.05, 0) is 82.8 Å². The number of carbonyl (C=O) groups is 1. The smallest absolute Gasteiger partial charge is 0.251 e. The summed E-state index contributed by atoms with van der Waals surface area (Å²) in [5.74, 6) is 0.798. The quantitative estimate of drug-likeness (QED) is 0.699. The minimum absolute atomic E-state index is 0.0236. The number of aryl methyl sites for hydroxylation is 1. The first kappa shape index (κ1) is 20.9. The molecule has 1 fully saturated rings. The Labute approximate surface area is 173 Å². The Kier molecular flexibility index (Phi) is 7.13. The molecule has 2 heterocycles. The van der Waals surface area contributed by atoms with Crippen molar-refractivity contribution in [1.29, 1.82) is 0 Å². The zero-order valence-corrected chi connectivity index (χ0v) is 17.9. The van der Waals surface area contributed by atoms with E-state index in [4.69, 9.17) is 11.6 Å². The van der Waals surface area contributed by atoms with Crippen LogP contribution in [0.4, 0.5) is 0 Å². The molecule has 1 unspecified atom stereocenters. The van der Waals surface area contributed by atoms with Crippen LogP contribution in [0.3, 0.4) is 0 Å². The molecule has 0 saturated carbocycles. The van der Waals surface area contributed by atoms with Gasteiger partial charge in [-0.3, -0.25) is 4.79 Å². The van der Waals surface area contributed by atoms with E-state index in [1.54, 1.807) is 4.68 Å². The van der Waals surface area contributed by atoms with Crippen molar-refractivity contribution in [2.45, 2.75) is 46.5 Å². The van der Waals surface area contributed by atoms with Gasteiger partial charge in [-0.15, -0.1) is 0 Å². The molecule has 1 aromatic heterocycles. The number of piperidine rings is 1. The molecule has 0 spiro atoms. The van der Waals surface area contributed by atoms with Crippen LogP contribution in [0.1, 0.15) is 54.4 Å². The topological polar surface area (TPSA) is 50.2 Å². The lowest BCUT2D eigenvalue weighted by atomic mass is 10.0. The molecule has 28 heavy (non-hydrogen) atoms. The summed E-state index contributed by atoms with van der Waals surface area (Å²) in [6, 6.07) is 7.48. The summed E-state index contributed by atoms with van der Waals surface area (Å²) >= 11 is 6.22. The van der Waals surface area contributed by atoms with Crippen LogP contribution in [-0.4, -0.2) is 46.8 Å². The molecule has 5 nitrogen and oxygen atoms in total. The molecule has 1 aliphatic rings. The molecule has 3 rings (SSSR count). The van der Waals surface area contributed by atoms with Gasteiger partial charge >= 0.3 is 0 Å². The van der Waals surface area contributed by atoms with Gasteiger partial charge in [0.25, 0.3) is 5.91 Å². The molecule has 1 atom stereocenters. The van der Waals surface area contributed by atoms with Crippen LogP contribution in [0.25, 0.3) is 5.69 Å². The third kappa shape index (κ3) is 5.15. The number of nitrogens with zero attached hydrogens (tertiary/aromatic N) is 3. The molecule has 0 radical (unpaired) electrons. The monoisotopic (exact) mass is 402 g/mol. The number of hydrogen-bond donors (Lipinski definition) is 1. The van der Waals surface area contributed by atoms with Gasteiger partial charge in [0.15, 0.2) is 0 Å². The van der Waals surface area contributed by atoms with Crippen LogP contribution in [0.15, 0.2) is 24.3 Å². The highest BCUT2D eigenvalue weighted by atomic mass is 35.5. The SMILES string of the molecule is Cc1nn(-c2ccc(C(=O)NCCCCN3CCCC(C)C3)cc2)c(C)c1Cl. The molecule has 1 aliphatic heterocycles. The number of rotatable bonds is 7. The highest BCUT2D eigenvalue weighted by Crippen LogP contribution is 2.22. The van der Waals surface area contributed by atoms with E-state index >= 15 is 0 Å². The van der Waals surface area contributed by atoms with Crippen molar-refractivity contribution in [2.24, 2.45) is 5.92 Å². The van der Waals surface area contributed by atoms with E-state index in [1.807, 2.05) is 38.1 Å². The predicted molar refractivity (Wildman–Crippen MR) is 114 cm³/mol. The maximum Gasteiger partial charge on any atom is 0.251 e. The molecular weight excluding hydrogens is 372 g/mol. The number of hydrogen-bond acceptors (Lipinski definition) is 3. The average molecular weight is 403 g/mol. The summed E-state index contributed by atoms with van der Waals surface area (Å²) in [6.45, 7) is 10.5. The van der Waals surface area contributed by atoms with Gasteiger partial charge < -0.3 is 10.2 Å². The number of unbranched alkanes of at least 4 members (excludes halogenated alkanes) is 1. The number of halogens is 1. The molecule has 152 valence electrons. The molecule has 1 N–H and O–H groups in total. The fourth-order valence-electron chi connectivity index (χ4n) is 3.88. The van der Waals surface area contributed by atoms with Crippen LogP contribution < -0.4 is 5.32 Å². The third-order valence-corrected chi connectivity index (χ3v) is 6.05. The van der Waals surface area contributed by atoms with Gasteiger partial charge in [0.2, 0.25) is 0 Å². The summed E-state index contributed by atoms with van der Waals surface area (Å²) in [6.07, 6.45) is 4.82. The predicted octanol–water partition coefficient (Wildman–Crippen LogP) is 4.38. The van der Waals surface area contributed by atoms with Crippen molar-refractivity contribution in [3.05, 3.63) is 46.2 Å². The summed E-state index contributed by atoms with van der Waals surface area (Å²) in [4.78, 5) is 14.9.